The van der Waals surface area contributed by atoms with E-state index >= 15 is 0 Å². The maximum Gasteiger partial charge on any atom is 0.397 e. The van der Waals surface area contributed by atoms with Gasteiger partial charge >= 0.3 is 10.4 Å². The van der Waals surface area contributed by atoms with Gasteiger partial charge in [0.15, 0.2) is 0 Å². The summed E-state index contributed by atoms with van der Waals surface area (Å²) in [6.07, 6.45) is 2.14. The Bertz CT molecular complexity index is 791. The van der Waals surface area contributed by atoms with Crippen molar-refractivity contribution in [1.82, 2.24) is 0 Å². The van der Waals surface area contributed by atoms with Crippen LogP contribution in [0.5, 0.6) is 5.75 Å². The highest BCUT2D eigenvalue weighted by molar-refractivity contribution is 7.80. The summed E-state index contributed by atoms with van der Waals surface area (Å²) in [5.74, 6) is 1.14. The highest BCUT2D eigenvalue weighted by Gasteiger charge is 2.59. The molecule has 6 nitrogen and oxygen atoms in total. The Balaban J connectivity index is 1.66. The molecule has 0 aromatic heterocycles. The minimum Gasteiger partial charge on any atom is -0.508 e. The van der Waals surface area contributed by atoms with Crippen LogP contribution in [0, 0.1) is 17.3 Å². The van der Waals surface area contributed by atoms with Gasteiger partial charge in [-0.1, -0.05) is 13.0 Å². The summed E-state index contributed by atoms with van der Waals surface area (Å²) in [5.41, 5.74) is 1.99. The van der Waals surface area contributed by atoms with Crippen LogP contribution < -0.4 is 0 Å². The fourth-order valence-electron chi connectivity index (χ4n) is 5.84. The van der Waals surface area contributed by atoms with Gasteiger partial charge in [-0.25, -0.2) is 4.18 Å². The second-order valence-electron chi connectivity index (χ2n) is 8.09. The Morgan fingerprint density at radius 3 is 2.76 bits per heavy atom. The first-order valence-corrected chi connectivity index (χ1v) is 10.2. The Labute approximate surface area is 147 Å². The minimum absolute atomic E-state index is 0.148. The van der Waals surface area contributed by atoms with Crippen LogP contribution in [-0.4, -0.2) is 35.4 Å². The number of aryl methyl sites for hydroxylation is 1. The van der Waals surface area contributed by atoms with Crippen molar-refractivity contribution in [2.45, 2.75) is 57.2 Å². The Morgan fingerprint density at radius 2 is 2.04 bits per heavy atom. The van der Waals surface area contributed by atoms with Crippen LogP contribution in [0.2, 0.25) is 0 Å². The summed E-state index contributed by atoms with van der Waals surface area (Å²) in [6.45, 7) is 1.98. The number of aliphatic hydroxyl groups excluding tert-OH is 1. The average Bonchev–Trinajstić information content (AvgIpc) is 2.77. The van der Waals surface area contributed by atoms with E-state index in [1.54, 1.807) is 6.07 Å². The van der Waals surface area contributed by atoms with Crippen molar-refractivity contribution < 1.29 is 27.4 Å². The molecule has 6 atom stereocenters. The molecule has 0 radical (unpaired) electrons. The second-order valence-corrected chi connectivity index (χ2v) is 9.14. The van der Waals surface area contributed by atoms with E-state index in [0.29, 0.717) is 18.3 Å². The summed E-state index contributed by atoms with van der Waals surface area (Å²) in [7, 11) is -4.60. The molecule has 25 heavy (non-hydrogen) atoms. The molecule has 0 heterocycles. The first-order chi connectivity index (χ1) is 11.7. The number of rotatable bonds is 2. The van der Waals surface area contributed by atoms with Crippen LogP contribution in [0.1, 0.15) is 49.7 Å². The van der Waals surface area contributed by atoms with E-state index in [4.69, 9.17) is 8.74 Å². The molecule has 4 rings (SSSR count). The van der Waals surface area contributed by atoms with Crippen LogP contribution in [0.3, 0.4) is 0 Å². The van der Waals surface area contributed by atoms with Gasteiger partial charge in [-0.15, -0.1) is 0 Å². The van der Waals surface area contributed by atoms with Crippen LogP contribution in [0.15, 0.2) is 18.2 Å². The van der Waals surface area contributed by atoms with Gasteiger partial charge in [0, 0.05) is 5.41 Å². The molecular weight excluding hydrogens is 344 g/mol. The van der Waals surface area contributed by atoms with Crippen molar-refractivity contribution in [3.8, 4) is 5.75 Å². The van der Waals surface area contributed by atoms with Crippen molar-refractivity contribution in [2.75, 3.05) is 0 Å². The quantitative estimate of drug-likeness (QED) is 0.693. The van der Waals surface area contributed by atoms with E-state index in [9.17, 15) is 18.6 Å². The zero-order valence-corrected chi connectivity index (χ0v) is 14.9. The summed E-state index contributed by atoms with van der Waals surface area (Å²) >= 11 is 0. The van der Waals surface area contributed by atoms with Crippen molar-refractivity contribution in [2.24, 2.45) is 17.3 Å². The monoisotopic (exact) mass is 368 g/mol. The van der Waals surface area contributed by atoms with Crippen LogP contribution in [-0.2, 0) is 21.0 Å². The number of benzene rings is 1. The predicted octanol–water partition coefficient (Wildman–Crippen LogP) is 2.41. The molecule has 1 aromatic carbocycles. The second kappa shape index (κ2) is 5.67. The molecule has 0 spiro atoms. The third-order valence-electron chi connectivity index (χ3n) is 6.87. The molecule has 0 amide bonds. The molecule has 3 aliphatic carbocycles. The molecule has 3 aliphatic rings. The van der Waals surface area contributed by atoms with Gasteiger partial charge in [0.1, 0.15) is 11.9 Å². The zero-order chi connectivity index (χ0) is 18.0. The van der Waals surface area contributed by atoms with Gasteiger partial charge in [-0.2, -0.15) is 8.42 Å². The lowest BCUT2D eigenvalue weighted by molar-refractivity contribution is -0.0371. The Morgan fingerprint density at radius 1 is 1.28 bits per heavy atom. The highest BCUT2D eigenvalue weighted by Crippen LogP contribution is 2.61. The number of aliphatic hydroxyl groups is 1. The highest BCUT2D eigenvalue weighted by atomic mass is 32.3. The van der Waals surface area contributed by atoms with E-state index < -0.39 is 28.0 Å². The fourth-order valence-corrected chi connectivity index (χ4v) is 6.45. The predicted molar refractivity (Wildman–Crippen MR) is 90.5 cm³/mol. The summed E-state index contributed by atoms with van der Waals surface area (Å²) in [6, 6.07) is 5.57. The van der Waals surface area contributed by atoms with E-state index in [2.05, 4.69) is 0 Å². The molecule has 7 heteroatoms. The van der Waals surface area contributed by atoms with E-state index in [1.807, 2.05) is 19.1 Å². The van der Waals surface area contributed by atoms with Crippen molar-refractivity contribution in [3.05, 3.63) is 29.3 Å². The van der Waals surface area contributed by atoms with Gasteiger partial charge in [-0.05, 0) is 73.1 Å². The van der Waals surface area contributed by atoms with Crippen molar-refractivity contribution >= 4 is 10.4 Å². The molecule has 138 valence electrons. The average molecular weight is 368 g/mol. The first kappa shape index (κ1) is 17.3. The van der Waals surface area contributed by atoms with E-state index in [1.165, 1.54) is 11.1 Å². The lowest BCUT2D eigenvalue weighted by Gasteiger charge is -2.50. The zero-order valence-electron chi connectivity index (χ0n) is 14.1. The maximum atomic E-state index is 11.2. The van der Waals surface area contributed by atoms with Gasteiger partial charge in [0.25, 0.3) is 0 Å². The molecular formula is C18H24O6S. The smallest absolute Gasteiger partial charge is 0.397 e. The standard InChI is InChI=1S/C18H24O6S/c1-18-7-6-13-12-5-3-11(19)8-10(12)2-4-14(13)15(18)9-16(20)17(18)24-25(21,22)23/h3,5,8,13-17,19-20H,2,4,6-7,9H2,1H3,(H,21,22,23). The number of phenols is 1. The third-order valence-corrected chi connectivity index (χ3v) is 7.32. The van der Waals surface area contributed by atoms with Crippen molar-refractivity contribution in [3.63, 3.8) is 0 Å². The SMILES string of the molecule is CC12CCC3c4ccc(O)cc4CCC3C1CC(O)C2OS(=O)(=O)O. The number of phenolic OH excluding ortho intramolecular Hbond substituents is 1. The Hall–Kier alpha value is -1.15. The number of hydrogen-bond donors (Lipinski definition) is 3. The van der Waals surface area contributed by atoms with Crippen molar-refractivity contribution in [1.29, 1.82) is 0 Å². The molecule has 0 aliphatic heterocycles. The van der Waals surface area contributed by atoms with Gasteiger partial charge in [-0.3, -0.25) is 4.55 Å². The number of aromatic hydroxyl groups is 1. The Kier molecular flexibility index (Phi) is 3.92. The molecule has 3 N–H and O–H groups in total. The largest absolute Gasteiger partial charge is 0.508 e. The normalized spacial score (nSPS) is 40.2. The van der Waals surface area contributed by atoms with Crippen LogP contribution in [0.4, 0.5) is 0 Å². The van der Waals surface area contributed by atoms with E-state index in [-0.39, 0.29) is 11.7 Å². The molecule has 2 fully saturated rings. The first-order valence-electron chi connectivity index (χ1n) is 8.84. The van der Waals surface area contributed by atoms with Gasteiger partial charge in [0.05, 0.1) is 6.10 Å². The lowest BCUT2D eigenvalue weighted by Crippen LogP contribution is -2.46. The topological polar surface area (TPSA) is 104 Å². The molecule has 1 aromatic rings. The maximum absolute atomic E-state index is 11.2. The number of fused-ring (bicyclic) bond motifs is 5. The summed E-state index contributed by atoms with van der Waals surface area (Å²) in [4.78, 5) is 0. The van der Waals surface area contributed by atoms with Gasteiger partial charge < -0.3 is 10.2 Å². The summed E-state index contributed by atoms with van der Waals surface area (Å²) < 4.78 is 36.5. The fraction of sp³-hybridized carbons (Fsp3) is 0.667. The summed E-state index contributed by atoms with van der Waals surface area (Å²) in [5, 5.41) is 20.2. The molecule has 0 saturated heterocycles. The molecule has 2 saturated carbocycles. The minimum atomic E-state index is -4.60. The third kappa shape index (κ3) is 2.77. The molecule has 0 bridgehead atoms. The number of hydrogen-bond acceptors (Lipinski definition) is 5. The van der Waals surface area contributed by atoms with E-state index in [0.717, 1.165) is 25.7 Å². The van der Waals surface area contributed by atoms with Crippen LogP contribution >= 0.6 is 0 Å². The van der Waals surface area contributed by atoms with Gasteiger partial charge in [0.2, 0.25) is 0 Å². The molecule has 6 unspecified atom stereocenters. The lowest BCUT2D eigenvalue weighted by atomic mass is 9.55. The van der Waals surface area contributed by atoms with Crippen LogP contribution in [0.25, 0.3) is 0 Å².